The standard InChI is InChI=1S/C12H15BrN2O2/c13-10-3-1-9(2-4-10)7-15-11(5-6-14)8-17-12(15)16/h1-4,11H,5-8,14H2. The molecule has 1 aliphatic heterocycles. The summed E-state index contributed by atoms with van der Waals surface area (Å²) in [4.78, 5) is 13.3. The number of nitrogens with two attached hydrogens (primary N) is 1. The molecule has 0 bridgehead atoms. The molecule has 2 rings (SSSR count). The van der Waals surface area contributed by atoms with E-state index in [9.17, 15) is 4.79 Å². The van der Waals surface area contributed by atoms with Gasteiger partial charge in [-0.05, 0) is 30.7 Å². The molecule has 0 radical (unpaired) electrons. The number of cyclic esters (lactones) is 1. The van der Waals surface area contributed by atoms with E-state index in [1.54, 1.807) is 4.90 Å². The molecule has 1 aliphatic rings. The van der Waals surface area contributed by atoms with Gasteiger partial charge in [0, 0.05) is 11.0 Å². The third-order valence-corrected chi connectivity index (χ3v) is 3.37. The molecule has 1 fully saturated rings. The minimum absolute atomic E-state index is 0.108. The predicted molar refractivity (Wildman–Crippen MR) is 68.5 cm³/mol. The number of amides is 1. The summed E-state index contributed by atoms with van der Waals surface area (Å²) in [6, 6.07) is 8.03. The summed E-state index contributed by atoms with van der Waals surface area (Å²) < 4.78 is 6.08. The molecule has 0 spiro atoms. The Morgan fingerprint density at radius 1 is 1.41 bits per heavy atom. The summed E-state index contributed by atoms with van der Waals surface area (Å²) in [6.45, 7) is 1.60. The summed E-state index contributed by atoms with van der Waals surface area (Å²) in [5, 5.41) is 0. The zero-order chi connectivity index (χ0) is 12.3. The molecule has 0 saturated carbocycles. The van der Waals surface area contributed by atoms with Crippen molar-refractivity contribution in [2.45, 2.75) is 19.0 Å². The third kappa shape index (κ3) is 2.98. The van der Waals surface area contributed by atoms with Crippen LogP contribution in [0, 0.1) is 0 Å². The zero-order valence-electron chi connectivity index (χ0n) is 9.43. The van der Waals surface area contributed by atoms with Crippen LogP contribution < -0.4 is 5.73 Å². The average molecular weight is 299 g/mol. The van der Waals surface area contributed by atoms with Gasteiger partial charge in [0.05, 0.1) is 6.04 Å². The first-order valence-electron chi connectivity index (χ1n) is 5.58. The minimum Gasteiger partial charge on any atom is -0.447 e. The van der Waals surface area contributed by atoms with Gasteiger partial charge in [0.1, 0.15) is 6.61 Å². The van der Waals surface area contributed by atoms with Crippen molar-refractivity contribution in [3.63, 3.8) is 0 Å². The third-order valence-electron chi connectivity index (χ3n) is 2.84. The Morgan fingerprint density at radius 3 is 2.76 bits per heavy atom. The molecule has 1 unspecified atom stereocenters. The maximum atomic E-state index is 11.6. The van der Waals surface area contributed by atoms with Crippen LogP contribution in [0.2, 0.25) is 0 Å². The van der Waals surface area contributed by atoms with Gasteiger partial charge in [-0.25, -0.2) is 4.79 Å². The highest BCUT2D eigenvalue weighted by Gasteiger charge is 2.31. The highest BCUT2D eigenvalue weighted by Crippen LogP contribution is 2.19. The van der Waals surface area contributed by atoms with Crippen LogP contribution in [0.5, 0.6) is 0 Å². The smallest absolute Gasteiger partial charge is 0.410 e. The van der Waals surface area contributed by atoms with E-state index in [0.717, 1.165) is 16.5 Å². The molecule has 17 heavy (non-hydrogen) atoms. The number of carbonyl (C=O) groups excluding carboxylic acids is 1. The topological polar surface area (TPSA) is 55.6 Å². The first-order chi connectivity index (χ1) is 8.20. The van der Waals surface area contributed by atoms with E-state index in [0.29, 0.717) is 19.7 Å². The largest absolute Gasteiger partial charge is 0.447 e. The van der Waals surface area contributed by atoms with E-state index in [-0.39, 0.29) is 12.1 Å². The number of hydrogen-bond donors (Lipinski definition) is 1. The first-order valence-corrected chi connectivity index (χ1v) is 6.38. The molecule has 1 amide bonds. The number of benzene rings is 1. The Morgan fingerprint density at radius 2 is 2.12 bits per heavy atom. The lowest BCUT2D eigenvalue weighted by atomic mass is 10.1. The quantitative estimate of drug-likeness (QED) is 0.926. The number of carbonyl (C=O) groups is 1. The van der Waals surface area contributed by atoms with Crippen molar-refractivity contribution >= 4 is 22.0 Å². The van der Waals surface area contributed by atoms with Gasteiger partial charge in [0.15, 0.2) is 0 Å². The van der Waals surface area contributed by atoms with Gasteiger partial charge in [-0.15, -0.1) is 0 Å². The molecule has 5 heteroatoms. The van der Waals surface area contributed by atoms with Crippen LogP contribution in [0.4, 0.5) is 4.79 Å². The molecule has 1 aromatic carbocycles. The summed E-state index contributed by atoms with van der Waals surface area (Å²) in [5.74, 6) is 0. The molecule has 2 N–H and O–H groups in total. The van der Waals surface area contributed by atoms with Crippen molar-refractivity contribution in [2.75, 3.05) is 13.2 Å². The van der Waals surface area contributed by atoms with Gasteiger partial charge in [0.2, 0.25) is 0 Å². The summed E-state index contributed by atoms with van der Waals surface area (Å²) >= 11 is 3.38. The second-order valence-corrected chi connectivity index (χ2v) is 4.98. The van der Waals surface area contributed by atoms with Crippen molar-refractivity contribution in [3.05, 3.63) is 34.3 Å². The van der Waals surface area contributed by atoms with Gasteiger partial charge < -0.3 is 10.5 Å². The Balaban J connectivity index is 2.05. The molecular weight excluding hydrogens is 284 g/mol. The fraction of sp³-hybridized carbons (Fsp3) is 0.417. The van der Waals surface area contributed by atoms with E-state index in [2.05, 4.69) is 15.9 Å². The highest BCUT2D eigenvalue weighted by molar-refractivity contribution is 9.10. The predicted octanol–water partition coefficient (Wildman–Crippen LogP) is 2.12. The normalized spacial score (nSPS) is 19.5. The average Bonchev–Trinajstić information content (AvgIpc) is 2.65. The maximum Gasteiger partial charge on any atom is 0.410 e. The van der Waals surface area contributed by atoms with Gasteiger partial charge >= 0.3 is 6.09 Å². The molecule has 1 atom stereocenters. The summed E-state index contributed by atoms with van der Waals surface area (Å²) in [6.07, 6.45) is 0.536. The number of ether oxygens (including phenoxy) is 1. The molecule has 1 aromatic rings. The van der Waals surface area contributed by atoms with E-state index >= 15 is 0 Å². The lowest BCUT2D eigenvalue weighted by molar-refractivity contribution is 0.156. The molecule has 0 aliphatic carbocycles. The van der Waals surface area contributed by atoms with E-state index in [4.69, 9.17) is 10.5 Å². The van der Waals surface area contributed by atoms with E-state index in [1.807, 2.05) is 24.3 Å². The lowest BCUT2D eigenvalue weighted by Crippen LogP contribution is -2.34. The van der Waals surface area contributed by atoms with Gasteiger partial charge in [0.25, 0.3) is 0 Å². The first kappa shape index (κ1) is 12.4. The van der Waals surface area contributed by atoms with Crippen molar-refractivity contribution in [1.29, 1.82) is 0 Å². The molecule has 4 nitrogen and oxygen atoms in total. The van der Waals surface area contributed by atoms with Gasteiger partial charge in [-0.2, -0.15) is 0 Å². The van der Waals surface area contributed by atoms with Crippen molar-refractivity contribution in [2.24, 2.45) is 5.73 Å². The Labute approximate surface area is 109 Å². The second-order valence-electron chi connectivity index (χ2n) is 4.06. The second kappa shape index (κ2) is 5.51. The van der Waals surface area contributed by atoms with Crippen LogP contribution in [-0.2, 0) is 11.3 Å². The number of nitrogens with zero attached hydrogens (tertiary/aromatic N) is 1. The molecule has 1 heterocycles. The fourth-order valence-corrected chi connectivity index (χ4v) is 2.17. The van der Waals surface area contributed by atoms with Crippen LogP contribution in [0.1, 0.15) is 12.0 Å². The van der Waals surface area contributed by atoms with Crippen molar-refractivity contribution in [1.82, 2.24) is 4.90 Å². The maximum absolute atomic E-state index is 11.6. The number of rotatable bonds is 4. The summed E-state index contributed by atoms with van der Waals surface area (Å²) in [5.41, 5.74) is 6.62. The lowest BCUT2D eigenvalue weighted by Gasteiger charge is -2.20. The van der Waals surface area contributed by atoms with Crippen LogP contribution in [0.3, 0.4) is 0 Å². The monoisotopic (exact) mass is 298 g/mol. The Bertz CT molecular complexity index is 394. The van der Waals surface area contributed by atoms with Crippen LogP contribution in [-0.4, -0.2) is 30.2 Å². The molecule has 0 aromatic heterocycles. The van der Waals surface area contributed by atoms with Gasteiger partial charge in [-0.1, -0.05) is 28.1 Å². The van der Waals surface area contributed by atoms with E-state index < -0.39 is 0 Å². The minimum atomic E-state index is -0.244. The van der Waals surface area contributed by atoms with E-state index in [1.165, 1.54) is 0 Å². The summed E-state index contributed by atoms with van der Waals surface area (Å²) in [7, 11) is 0. The van der Waals surface area contributed by atoms with Crippen LogP contribution >= 0.6 is 15.9 Å². The van der Waals surface area contributed by atoms with Crippen LogP contribution in [0.15, 0.2) is 28.7 Å². The SMILES string of the molecule is NCCC1COC(=O)N1Cc1ccc(Br)cc1. The molecule has 1 saturated heterocycles. The van der Waals surface area contributed by atoms with Crippen molar-refractivity contribution < 1.29 is 9.53 Å². The van der Waals surface area contributed by atoms with Crippen molar-refractivity contribution in [3.8, 4) is 0 Å². The molecule has 92 valence electrons. The number of halogens is 1. The van der Waals surface area contributed by atoms with Gasteiger partial charge in [-0.3, -0.25) is 4.90 Å². The zero-order valence-corrected chi connectivity index (χ0v) is 11.0. The fourth-order valence-electron chi connectivity index (χ4n) is 1.90. The number of hydrogen-bond acceptors (Lipinski definition) is 3. The Hall–Kier alpha value is -1.07. The van der Waals surface area contributed by atoms with Crippen LogP contribution in [0.25, 0.3) is 0 Å². The molecular formula is C12H15BrN2O2. The Kier molecular flexibility index (Phi) is 4.02. The highest BCUT2D eigenvalue weighted by atomic mass is 79.9.